The third kappa shape index (κ3) is 3.78. The van der Waals surface area contributed by atoms with Crippen LogP contribution in [0, 0.1) is 11.6 Å². The highest BCUT2D eigenvalue weighted by Gasteiger charge is 2.28. The summed E-state index contributed by atoms with van der Waals surface area (Å²) in [5.74, 6) is -2.00. The lowest BCUT2D eigenvalue weighted by Crippen LogP contribution is -2.21. The van der Waals surface area contributed by atoms with E-state index in [0.29, 0.717) is 19.6 Å². The van der Waals surface area contributed by atoms with Crippen molar-refractivity contribution in [1.29, 1.82) is 0 Å². The number of nitrogens with zero attached hydrogens (tertiary/aromatic N) is 1. The molecule has 1 aliphatic heterocycles. The van der Waals surface area contributed by atoms with Crippen molar-refractivity contribution in [3.63, 3.8) is 0 Å². The highest BCUT2D eigenvalue weighted by molar-refractivity contribution is 7.96. The Morgan fingerprint density at radius 1 is 1.40 bits per heavy atom. The Morgan fingerprint density at radius 3 is 2.76 bits per heavy atom. The van der Waals surface area contributed by atoms with Crippen molar-refractivity contribution < 1.29 is 27.6 Å². The Hall–Kier alpha value is -1.71. The van der Waals surface area contributed by atoms with Gasteiger partial charge in [0.15, 0.2) is 23.0 Å². The highest BCUT2D eigenvalue weighted by Crippen LogP contribution is 2.35. The molecule has 1 saturated heterocycles. The first-order chi connectivity index (χ1) is 12.0. The Morgan fingerprint density at radius 2 is 2.12 bits per heavy atom. The maximum atomic E-state index is 14.3. The van der Waals surface area contributed by atoms with Gasteiger partial charge in [0.05, 0.1) is 18.6 Å². The number of halogens is 2. The van der Waals surface area contributed by atoms with E-state index in [1.165, 1.54) is 6.07 Å². The SMILES string of the molecule is CCC[C@@H](CC(=O)S)Nc1noc2c(F)c(F)c(C3OCCO3)cc12. The van der Waals surface area contributed by atoms with Crippen LogP contribution in [-0.2, 0) is 14.3 Å². The van der Waals surface area contributed by atoms with Crippen molar-refractivity contribution in [3.05, 3.63) is 23.3 Å². The van der Waals surface area contributed by atoms with E-state index in [1.807, 2.05) is 6.92 Å². The predicted molar refractivity (Wildman–Crippen MR) is 89.5 cm³/mol. The number of anilines is 1. The van der Waals surface area contributed by atoms with Crippen molar-refractivity contribution >= 4 is 34.5 Å². The third-order valence-corrected chi connectivity index (χ3v) is 4.13. The largest absolute Gasteiger partial charge is 0.364 e. The van der Waals surface area contributed by atoms with E-state index >= 15 is 0 Å². The van der Waals surface area contributed by atoms with Crippen LogP contribution in [0.15, 0.2) is 10.6 Å². The van der Waals surface area contributed by atoms with Crippen LogP contribution in [0.25, 0.3) is 11.0 Å². The first-order valence-corrected chi connectivity index (χ1v) is 8.44. The van der Waals surface area contributed by atoms with Gasteiger partial charge in [-0.2, -0.15) is 4.39 Å². The minimum absolute atomic E-state index is 0.0499. The summed E-state index contributed by atoms with van der Waals surface area (Å²) in [6, 6.07) is 1.16. The summed E-state index contributed by atoms with van der Waals surface area (Å²) in [6.07, 6.45) is 0.724. The summed E-state index contributed by atoms with van der Waals surface area (Å²) >= 11 is 3.79. The van der Waals surface area contributed by atoms with Gasteiger partial charge in [0.2, 0.25) is 11.4 Å². The zero-order chi connectivity index (χ0) is 18.0. The molecule has 1 N–H and O–H groups in total. The molecule has 6 nitrogen and oxygen atoms in total. The van der Waals surface area contributed by atoms with E-state index < -0.39 is 17.9 Å². The average Bonchev–Trinajstić information content (AvgIpc) is 3.20. The first kappa shape index (κ1) is 18.1. The maximum absolute atomic E-state index is 14.3. The minimum Gasteiger partial charge on any atom is -0.364 e. The van der Waals surface area contributed by atoms with Crippen LogP contribution >= 0.6 is 12.6 Å². The summed E-state index contributed by atoms with van der Waals surface area (Å²) in [6.45, 7) is 2.59. The summed E-state index contributed by atoms with van der Waals surface area (Å²) < 4.78 is 44.0. The summed E-state index contributed by atoms with van der Waals surface area (Å²) in [5.41, 5.74) is -0.347. The van der Waals surface area contributed by atoms with Gasteiger partial charge in [0.1, 0.15) is 0 Å². The van der Waals surface area contributed by atoms with Crippen molar-refractivity contribution in [2.75, 3.05) is 18.5 Å². The Bertz CT molecular complexity index is 777. The number of thiol groups is 1. The standard InChI is InChI=1S/C16H18F2N2O4S/c1-2-3-8(6-11(21)25)19-15-10-7-9(16-22-4-5-23-16)12(17)13(18)14(10)24-20-15/h7-8,16H,2-6H2,1H3,(H,19,20)(H,21,25)/t8-/m0/s1. The fraction of sp³-hybridized carbons (Fsp3) is 0.500. The molecule has 1 aromatic heterocycles. The molecule has 25 heavy (non-hydrogen) atoms. The van der Waals surface area contributed by atoms with E-state index in [0.717, 1.165) is 6.42 Å². The molecule has 2 aromatic rings. The highest BCUT2D eigenvalue weighted by atomic mass is 32.1. The fourth-order valence-corrected chi connectivity index (χ4v) is 3.05. The van der Waals surface area contributed by atoms with Gasteiger partial charge in [-0.3, -0.25) is 4.79 Å². The van der Waals surface area contributed by atoms with Crippen LogP contribution in [0.3, 0.4) is 0 Å². The third-order valence-electron chi connectivity index (χ3n) is 3.95. The maximum Gasteiger partial charge on any atom is 0.207 e. The van der Waals surface area contributed by atoms with Crippen LogP contribution in [0.4, 0.5) is 14.6 Å². The lowest BCUT2D eigenvalue weighted by molar-refractivity contribution is -0.111. The predicted octanol–water partition coefficient (Wildman–Crippen LogP) is 3.58. The van der Waals surface area contributed by atoms with Gasteiger partial charge in [0, 0.05) is 18.0 Å². The van der Waals surface area contributed by atoms with E-state index in [4.69, 9.17) is 14.0 Å². The average molecular weight is 372 g/mol. The van der Waals surface area contributed by atoms with Gasteiger partial charge < -0.3 is 19.3 Å². The zero-order valence-corrected chi connectivity index (χ0v) is 14.4. The molecule has 136 valence electrons. The molecule has 0 spiro atoms. The minimum atomic E-state index is -1.15. The lowest BCUT2D eigenvalue weighted by atomic mass is 10.1. The first-order valence-electron chi connectivity index (χ1n) is 8.00. The summed E-state index contributed by atoms with van der Waals surface area (Å²) in [5, 5.41) is 6.83. The Labute approximate surface area is 148 Å². The van der Waals surface area contributed by atoms with Crippen molar-refractivity contribution in [1.82, 2.24) is 5.16 Å². The second-order valence-electron chi connectivity index (χ2n) is 5.80. The number of aromatic nitrogens is 1. The van der Waals surface area contributed by atoms with Gasteiger partial charge >= 0.3 is 0 Å². The monoisotopic (exact) mass is 372 g/mol. The van der Waals surface area contributed by atoms with E-state index in [2.05, 4.69) is 23.1 Å². The number of benzene rings is 1. The van der Waals surface area contributed by atoms with Crippen LogP contribution in [0.1, 0.15) is 38.0 Å². The Balaban J connectivity index is 1.97. The number of carbonyl (C=O) groups excluding carboxylic acids is 1. The van der Waals surface area contributed by atoms with Crippen LogP contribution in [0.2, 0.25) is 0 Å². The van der Waals surface area contributed by atoms with E-state index in [9.17, 15) is 13.6 Å². The second kappa shape index (κ2) is 7.67. The number of fused-ring (bicyclic) bond motifs is 1. The van der Waals surface area contributed by atoms with Crippen LogP contribution < -0.4 is 5.32 Å². The number of ether oxygens (including phenoxy) is 2. The number of hydrogen-bond donors (Lipinski definition) is 2. The normalized spacial score (nSPS) is 16.5. The van der Waals surface area contributed by atoms with Crippen molar-refractivity contribution in [2.24, 2.45) is 0 Å². The molecule has 9 heteroatoms. The lowest BCUT2D eigenvalue weighted by Gasteiger charge is -2.16. The summed E-state index contributed by atoms with van der Waals surface area (Å²) in [7, 11) is 0. The number of nitrogens with one attached hydrogen (secondary N) is 1. The molecule has 0 amide bonds. The molecule has 1 atom stereocenters. The Kier molecular flexibility index (Phi) is 5.55. The topological polar surface area (TPSA) is 73.6 Å². The molecular weight excluding hydrogens is 354 g/mol. The molecule has 0 unspecified atom stereocenters. The van der Waals surface area contributed by atoms with Crippen molar-refractivity contribution in [3.8, 4) is 0 Å². The van der Waals surface area contributed by atoms with Gasteiger partial charge in [-0.05, 0) is 12.5 Å². The number of rotatable bonds is 7. The molecule has 0 saturated carbocycles. The molecule has 2 heterocycles. The fourth-order valence-electron chi connectivity index (χ4n) is 2.83. The molecule has 1 aliphatic rings. The van der Waals surface area contributed by atoms with Gasteiger partial charge in [0.25, 0.3) is 0 Å². The molecule has 0 bridgehead atoms. The molecule has 3 rings (SSSR count). The smallest absolute Gasteiger partial charge is 0.207 e. The molecule has 0 radical (unpaired) electrons. The van der Waals surface area contributed by atoms with Gasteiger partial charge in [-0.15, -0.1) is 12.6 Å². The summed E-state index contributed by atoms with van der Waals surface area (Å²) in [4.78, 5) is 11.3. The quantitative estimate of drug-likeness (QED) is 0.724. The van der Waals surface area contributed by atoms with Crippen LogP contribution in [0.5, 0.6) is 0 Å². The van der Waals surface area contributed by atoms with Gasteiger partial charge in [-0.1, -0.05) is 18.5 Å². The second-order valence-corrected chi connectivity index (χ2v) is 6.30. The van der Waals surface area contributed by atoms with Gasteiger partial charge in [-0.25, -0.2) is 4.39 Å². The number of hydrogen-bond acceptors (Lipinski definition) is 6. The molecular formula is C16H18F2N2O4S. The molecule has 0 aliphatic carbocycles. The number of carbonyl (C=O) groups is 1. The zero-order valence-electron chi connectivity index (χ0n) is 13.6. The molecule has 1 aromatic carbocycles. The molecule has 1 fully saturated rings. The van der Waals surface area contributed by atoms with E-state index in [1.54, 1.807) is 0 Å². The van der Waals surface area contributed by atoms with E-state index in [-0.39, 0.29) is 39.9 Å². The van der Waals surface area contributed by atoms with Crippen LogP contribution in [-0.4, -0.2) is 29.5 Å². The van der Waals surface area contributed by atoms with Crippen molar-refractivity contribution in [2.45, 2.75) is 38.5 Å².